The minimum absolute atomic E-state index is 0. The molecule has 6 heteroatoms. The summed E-state index contributed by atoms with van der Waals surface area (Å²) in [6.45, 7) is 11.2. The first-order chi connectivity index (χ1) is 10.6. The van der Waals surface area contributed by atoms with Gasteiger partial charge in [0.1, 0.15) is 0 Å². The maximum Gasteiger partial charge on any atom is 0.231 e. The summed E-state index contributed by atoms with van der Waals surface area (Å²) < 4.78 is 0. The van der Waals surface area contributed by atoms with Crippen LogP contribution in [0.3, 0.4) is 0 Å². The van der Waals surface area contributed by atoms with Crippen molar-refractivity contribution >= 4 is 36.4 Å². The van der Waals surface area contributed by atoms with Crippen LogP contribution >= 0.6 is 24.8 Å². The lowest BCUT2D eigenvalue weighted by Crippen LogP contribution is -2.46. The Kier molecular flexibility index (Phi) is 10.6. The minimum atomic E-state index is -0.298. The van der Waals surface area contributed by atoms with E-state index in [1.807, 2.05) is 19.1 Å². The van der Waals surface area contributed by atoms with Crippen LogP contribution in [0.4, 0.5) is 5.69 Å². The van der Waals surface area contributed by atoms with Gasteiger partial charge in [-0.2, -0.15) is 0 Å². The molecule has 1 aliphatic rings. The average Bonchev–Trinajstić information content (AvgIpc) is 2.53. The normalized spacial score (nSPS) is 20.0. The molecule has 1 aromatic carbocycles. The molecule has 4 nitrogen and oxygen atoms in total. The Morgan fingerprint density at radius 3 is 2.58 bits per heavy atom. The van der Waals surface area contributed by atoms with Crippen molar-refractivity contribution in [2.75, 3.05) is 31.5 Å². The highest BCUT2D eigenvalue weighted by Gasteiger charge is 2.34. The molecule has 1 amide bonds. The Labute approximate surface area is 158 Å². The summed E-state index contributed by atoms with van der Waals surface area (Å²) in [5.41, 5.74) is 1.85. The van der Waals surface area contributed by atoms with Crippen molar-refractivity contribution in [3.8, 4) is 0 Å². The highest BCUT2D eigenvalue weighted by molar-refractivity contribution is 5.95. The third kappa shape index (κ3) is 6.25. The predicted octanol–water partition coefficient (Wildman–Crippen LogP) is 3.70. The molecule has 1 aromatic rings. The maximum absolute atomic E-state index is 12.6. The van der Waals surface area contributed by atoms with E-state index in [0.717, 1.165) is 51.3 Å². The minimum Gasteiger partial charge on any atom is -0.326 e. The molecule has 1 aliphatic heterocycles. The molecule has 0 aromatic heterocycles. The lowest BCUT2D eigenvalue weighted by atomic mass is 9.82. The van der Waals surface area contributed by atoms with Gasteiger partial charge in [0.2, 0.25) is 5.91 Å². The Morgan fingerprint density at radius 1 is 1.29 bits per heavy atom. The molecule has 2 N–H and O–H groups in total. The van der Waals surface area contributed by atoms with Crippen molar-refractivity contribution in [3.63, 3.8) is 0 Å². The molecule has 2 rings (SSSR count). The van der Waals surface area contributed by atoms with Crippen molar-refractivity contribution in [2.24, 2.45) is 5.41 Å². The van der Waals surface area contributed by atoms with Gasteiger partial charge in [-0.1, -0.05) is 26.0 Å². The van der Waals surface area contributed by atoms with Crippen LogP contribution in [0, 0.1) is 5.41 Å². The van der Waals surface area contributed by atoms with E-state index in [1.165, 1.54) is 5.56 Å². The van der Waals surface area contributed by atoms with Crippen molar-refractivity contribution in [1.82, 2.24) is 10.2 Å². The molecule has 0 spiro atoms. The summed E-state index contributed by atoms with van der Waals surface area (Å²) in [7, 11) is 0. The summed E-state index contributed by atoms with van der Waals surface area (Å²) in [6, 6.07) is 8.22. The Morgan fingerprint density at radius 2 is 2.00 bits per heavy atom. The van der Waals surface area contributed by atoms with E-state index in [4.69, 9.17) is 0 Å². The summed E-state index contributed by atoms with van der Waals surface area (Å²) in [5.74, 6) is 0.125. The predicted molar refractivity (Wildman–Crippen MR) is 106 cm³/mol. The average molecular weight is 376 g/mol. The number of hydrogen-bond acceptors (Lipinski definition) is 3. The molecule has 1 heterocycles. The fourth-order valence-corrected chi connectivity index (χ4v) is 2.98. The first kappa shape index (κ1) is 23.2. The number of carbonyl (C=O) groups excluding carboxylic acids is 1. The SMILES string of the molecule is CCN(CC)Cc1cccc(NC(=O)C2(C)CCCNC2)c1.Cl.Cl. The van der Waals surface area contributed by atoms with Gasteiger partial charge in [-0.25, -0.2) is 0 Å². The zero-order chi connectivity index (χ0) is 16.0. The lowest BCUT2D eigenvalue weighted by Gasteiger charge is -2.32. The first-order valence-electron chi connectivity index (χ1n) is 8.41. The number of benzene rings is 1. The van der Waals surface area contributed by atoms with E-state index in [2.05, 4.69) is 41.5 Å². The summed E-state index contributed by atoms with van der Waals surface area (Å²) >= 11 is 0. The smallest absolute Gasteiger partial charge is 0.231 e. The van der Waals surface area contributed by atoms with Crippen LogP contribution in [0.1, 0.15) is 39.2 Å². The van der Waals surface area contributed by atoms with Crippen LogP contribution in [-0.2, 0) is 11.3 Å². The molecule has 0 radical (unpaired) electrons. The van der Waals surface area contributed by atoms with Crippen LogP contribution in [0.15, 0.2) is 24.3 Å². The van der Waals surface area contributed by atoms with Gasteiger partial charge in [-0.05, 0) is 57.1 Å². The van der Waals surface area contributed by atoms with Crippen molar-refractivity contribution in [1.29, 1.82) is 0 Å². The molecule has 0 bridgehead atoms. The third-order valence-corrected chi connectivity index (χ3v) is 4.63. The second kappa shape index (κ2) is 10.9. The van der Waals surface area contributed by atoms with E-state index in [-0.39, 0.29) is 36.1 Å². The molecule has 1 atom stereocenters. The molecule has 0 aliphatic carbocycles. The molecule has 1 saturated heterocycles. The molecule has 24 heavy (non-hydrogen) atoms. The van der Waals surface area contributed by atoms with E-state index < -0.39 is 0 Å². The van der Waals surface area contributed by atoms with Gasteiger partial charge in [0.05, 0.1) is 5.41 Å². The molecular weight excluding hydrogens is 345 g/mol. The molecule has 138 valence electrons. The van der Waals surface area contributed by atoms with Crippen LogP contribution in [0.2, 0.25) is 0 Å². The van der Waals surface area contributed by atoms with Crippen LogP contribution in [-0.4, -0.2) is 37.0 Å². The molecule has 1 fully saturated rings. The van der Waals surface area contributed by atoms with Crippen molar-refractivity contribution in [2.45, 2.75) is 40.2 Å². The highest BCUT2D eigenvalue weighted by Crippen LogP contribution is 2.27. The number of rotatable bonds is 6. The van der Waals surface area contributed by atoms with Gasteiger partial charge < -0.3 is 10.6 Å². The number of anilines is 1. The first-order valence-corrected chi connectivity index (χ1v) is 8.41. The summed E-state index contributed by atoms with van der Waals surface area (Å²) in [5, 5.41) is 6.43. The Hall–Kier alpha value is -0.810. The number of carbonyl (C=O) groups is 1. The van der Waals surface area contributed by atoms with Gasteiger partial charge in [-0.15, -0.1) is 24.8 Å². The second-order valence-electron chi connectivity index (χ2n) is 6.46. The van der Waals surface area contributed by atoms with E-state index in [1.54, 1.807) is 0 Å². The third-order valence-electron chi connectivity index (χ3n) is 4.63. The molecular formula is C18H31Cl2N3O. The monoisotopic (exact) mass is 375 g/mol. The van der Waals surface area contributed by atoms with Crippen LogP contribution < -0.4 is 10.6 Å². The number of amides is 1. The number of nitrogens with zero attached hydrogens (tertiary/aromatic N) is 1. The van der Waals surface area contributed by atoms with Crippen LogP contribution in [0.5, 0.6) is 0 Å². The highest BCUT2D eigenvalue weighted by atomic mass is 35.5. The number of nitrogens with one attached hydrogen (secondary N) is 2. The van der Waals surface area contributed by atoms with E-state index >= 15 is 0 Å². The number of hydrogen-bond donors (Lipinski definition) is 2. The summed E-state index contributed by atoms with van der Waals surface area (Å²) in [4.78, 5) is 14.9. The zero-order valence-corrected chi connectivity index (χ0v) is 16.6. The maximum atomic E-state index is 12.6. The fraction of sp³-hybridized carbons (Fsp3) is 0.611. The molecule has 1 unspecified atom stereocenters. The van der Waals surface area contributed by atoms with Crippen molar-refractivity contribution in [3.05, 3.63) is 29.8 Å². The topological polar surface area (TPSA) is 44.4 Å². The van der Waals surface area contributed by atoms with Crippen molar-refractivity contribution < 1.29 is 4.79 Å². The largest absolute Gasteiger partial charge is 0.326 e. The van der Waals surface area contributed by atoms with Gasteiger partial charge in [0.15, 0.2) is 0 Å². The fourth-order valence-electron chi connectivity index (χ4n) is 2.98. The van der Waals surface area contributed by atoms with E-state index in [9.17, 15) is 4.79 Å². The van der Waals surface area contributed by atoms with Gasteiger partial charge in [-0.3, -0.25) is 9.69 Å². The number of piperidine rings is 1. The van der Waals surface area contributed by atoms with E-state index in [0.29, 0.717) is 0 Å². The molecule has 0 saturated carbocycles. The van der Waals surface area contributed by atoms with Crippen LogP contribution in [0.25, 0.3) is 0 Å². The summed E-state index contributed by atoms with van der Waals surface area (Å²) in [6.07, 6.45) is 2.01. The quantitative estimate of drug-likeness (QED) is 0.796. The standard InChI is InChI=1S/C18H29N3O.2ClH/c1-4-21(5-2)13-15-8-6-9-16(12-15)20-17(22)18(3)10-7-11-19-14-18;;/h6,8-9,12,19H,4-5,7,10-11,13-14H2,1-3H3,(H,20,22);2*1H. The Balaban J connectivity index is 0.00000264. The van der Waals surface area contributed by atoms with Gasteiger partial charge in [0.25, 0.3) is 0 Å². The number of halogens is 2. The lowest BCUT2D eigenvalue weighted by molar-refractivity contribution is -0.125. The zero-order valence-electron chi connectivity index (χ0n) is 14.9. The van der Waals surface area contributed by atoms with Gasteiger partial charge >= 0.3 is 0 Å². The second-order valence-corrected chi connectivity index (χ2v) is 6.46. The Bertz CT molecular complexity index is 501. The van der Waals surface area contributed by atoms with Gasteiger partial charge in [0, 0.05) is 18.8 Å².